The predicted molar refractivity (Wildman–Crippen MR) is 47.3 cm³/mol. The molecule has 1 heterocycles. The Hall–Kier alpha value is -1.31. The van der Waals surface area contributed by atoms with E-state index in [1.165, 1.54) is 0 Å². The van der Waals surface area contributed by atoms with Gasteiger partial charge in [-0.1, -0.05) is 18.2 Å². The van der Waals surface area contributed by atoms with Crippen molar-refractivity contribution < 1.29 is 0 Å². The van der Waals surface area contributed by atoms with E-state index in [-0.39, 0.29) is 0 Å². The zero-order valence-electron chi connectivity index (χ0n) is 6.83. The second-order valence-electron chi connectivity index (χ2n) is 2.18. The number of nitrogens with zero attached hydrogens (tertiary/aromatic N) is 1. The first kappa shape index (κ1) is 7.79. The smallest absolute Gasteiger partial charge is 0.0931 e. The van der Waals surface area contributed by atoms with E-state index in [1.54, 1.807) is 6.33 Å². The molecule has 0 spiro atoms. The quantitative estimate of drug-likeness (QED) is 0.619. The van der Waals surface area contributed by atoms with E-state index in [4.69, 9.17) is 0 Å². The molecule has 0 unspecified atom stereocenters. The molecule has 0 saturated heterocycles. The van der Waals surface area contributed by atoms with Gasteiger partial charge in [-0.2, -0.15) is 0 Å². The minimum Gasteiger partial charge on any atom is -0.345 e. The maximum atomic E-state index is 4.13. The van der Waals surface area contributed by atoms with Crippen molar-refractivity contribution in [2.75, 3.05) is 0 Å². The molecular weight excluding hydrogens is 136 g/mol. The van der Waals surface area contributed by atoms with Gasteiger partial charge in [-0.3, -0.25) is 0 Å². The molecule has 11 heavy (non-hydrogen) atoms. The molecule has 0 aromatic carbocycles. The lowest BCUT2D eigenvalue weighted by atomic mass is 10.4. The summed E-state index contributed by atoms with van der Waals surface area (Å²) in [5.41, 5.74) is 0. The number of nitrogens with one attached hydrogen (secondary N) is 1. The third kappa shape index (κ3) is 1.80. The van der Waals surface area contributed by atoms with Crippen molar-refractivity contribution in [3.63, 3.8) is 0 Å². The average Bonchev–Trinajstić information content (AvgIpc) is 2.47. The van der Waals surface area contributed by atoms with Crippen LogP contribution in [0.5, 0.6) is 0 Å². The van der Waals surface area contributed by atoms with Gasteiger partial charge in [0, 0.05) is 0 Å². The summed E-state index contributed by atoms with van der Waals surface area (Å²) in [5, 5.41) is 2.06. The third-order valence-electron chi connectivity index (χ3n) is 1.43. The van der Waals surface area contributed by atoms with Crippen LogP contribution in [0.1, 0.15) is 13.8 Å². The van der Waals surface area contributed by atoms with Gasteiger partial charge >= 0.3 is 0 Å². The van der Waals surface area contributed by atoms with Crippen LogP contribution in [-0.4, -0.2) is 9.97 Å². The highest BCUT2D eigenvalue weighted by Gasteiger charge is 1.81. The Morgan fingerprint density at radius 3 is 2.91 bits per heavy atom. The molecule has 1 rings (SSSR count). The fourth-order valence-electron chi connectivity index (χ4n) is 0.866. The number of H-pyrrole nitrogens is 1. The van der Waals surface area contributed by atoms with E-state index in [9.17, 15) is 0 Å². The van der Waals surface area contributed by atoms with Crippen molar-refractivity contribution >= 4 is 12.2 Å². The van der Waals surface area contributed by atoms with Gasteiger partial charge in [-0.05, 0) is 19.9 Å². The third-order valence-corrected chi connectivity index (χ3v) is 1.43. The number of imidazole rings is 1. The first-order valence-corrected chi connectivity index (χ1v) is 3.67. The van der Waals surface area contributed by atoms with Crippen LogP contribution in [0.15, 0.2) is 18.5 Å². The summed E-state index contributed by atoms with van der Waals surface area (Å²) in [6.07, 6.45) is 9.64. The van der Waals surface area contributed by atoms with Crippen molar-refractivity contribution in [1.29, 1.82) is 0 Å². The van der Waals surface area contributed by atoms with Gasteiger partial charge in [0.1, 0.15) is 0 Å². The molecule has 0 radical (unpaired) electrons. The topological polar surface area (TPSA) is 28.7 Å². The summed E-state index contributed by atoms with van der Waals surface area (Å²) in [5.74, 6) is 0. The van der Waals surface area contributed by atoms with Gasteiger partial charge in [0.15, 0.2) is 0 Å². The van der Waals surface area contributed by atoms with Crippen LogP contribution >= 0.6 is 0 Å². The summed E-state index contributed by atoms with van der Waals surface area (Å²) in [6, 6.07) is 0. The van der Waals surface area contributed by atoms with E-state index in [1.807, 2.05) is 38.2 Å². The van der Waals surface area contributed by atoms with Gasteiger partial charge in [0.25, 0.3) is 0 Å². The summed E-state index contributed by atoms with van der Waals surface area (Å²) in [4.78, 5) is 7.16. The number of allylic oxidation sites excluding steroid dienone is 2. The van der Waals surface area contributed by atoms with Crippen molar-refractivity contribution in [3.05, 3.63) is 29.2 Å². The number of aromatic amines is 1. The van der Waals surface area contributed by atoms with E-state index >= 15 is 0 Å². The molecule has 0 amide bonds. The number of hydrogen-bond donors (Lipinski definition) is 1. The Labute approximate surface area is 66.0 Å². The van der Waals surface area contributed by atoms with E-state index in [0.717, 1.165) is 10.7 Å². The maximum Gasteiger partial charge on any atom is 0.0931 e. The molecule has 0 aliphatic rings. The Kier molecular flexibility index (Phi) is 2.66. The fraction of sp³-hybridized carbons (Fsp3) is 0.222. The normalized spacial score (nSPS) is 15.1. The van der Waals surface area contributed by atoms with Crippen LogP contribution < -0.4 is 10.7 Å². The molecule has 1 N–H and O–H groups in total. The molecule has 0 aliphatic carbocycles. The molecule has 0 bridgehead atoms. The van der Waals surface area contributed by atoms with Crippen molar-refractivity contribution in [2.45, 2.75) is 13.8 Å². The Balaban J connectivity index is 3.23. The molecular formula is C9H12N2. The highest BCUT2D eigenvalue weighted by Crippen LogP contribution is 1.68. The number of rotatable bonds is 1. The molecule has 0 saturated carbocycles. The first-order chi connectivity index (χ1) is 5.38. The van der Waals surface area contributed by atoms with Gasteiger partial charge in [-0.25, -0.2) is 4.98 Å². The highest BCUT2D eigenvalue weighted by molar-refractivity contribution is 5.34. The lowest BCUT2D eigenvalue weighted by molar-refractivity contribution is 1.29. The molecule has 1 aromatic rings. The Morgan fingerprint density at radius 1 is 1.45 bits per heavy atom. The molecule has 2 heteroatoms. The lowest BCUT2D eigenvalue weighted by Gasteiger charge is -1.73. The standard InChI is InChI=1S/C9H12N2/c1-3-5-6-9-8(4-2)10-7-11-9/h3-7H,1-2H3,(H,10,11)/b5-3+,8-4+,9-6+. The summed E-state index contributed by atoms with van der Waals surface area (Å²) < 4.78 is 0. The SMILES string of the molecule is C/C=C/C=c1/nc[nH]/c1=C/C. The van der Waals surface area contributed by atoms with E-state index < -0.39 is 0 Å². The second-order valence-corrected chi connectivity index (χ2v) is 2.18. The monoisotopic (exact) mass is 148 g/mol. The average molecular weight is 148 g/mol. The molecule has 58 valence electrons. The van der Waals surface area contributed by atoms with Gasteiger partial charge < -0.3 is 4.98 Å². The van der Waals surface area contributed by atoms with Crippen LogP contribution in [0.25, 0.3) is 12.2 Å². The summed E-state index contributed by atoms with van der Waals surface area (Å²) >= 11 is 0. The minimum atomic E-state index is 0.991. The number of aromatic nitrogens is 2. The fourth-order valence-corrected chi connectivity index (χ4v) is 0.866. The summed E-state index contributed by atoms with van der Waals surface area (Å²) in [7, 11) is 0. The van der Waals surface area contributed by atoms with Crippen LogP contribution in [0, 0.1) is 0 Å². The number of hydrogen-bond acceptors (Lipinski definition) is 1. The summed E-state index contributed by atoms with van der Waals surface area (Å²) in [6.45, 7) is 3.97. The largest absolute Gasteiger partial charge is 0.345 e. The minimum absolute atomic E-state index is 0.991. The van der Waals surface area contributed by atoms with Crippen LogP contribution in [0.2, 0.25) is 0 Å². The Morgan fingerprint density at radius 2 is 2.27 bits per heavy atom. The second kappa shape index (κ2) is 3.76. The lowest BCUT2D eigenvalue weighted by Crippen LogP contribution is -2.23. The predicted octanol–water partition coefficient (Wildman–Crippen LogP) is 0.567. The zero-order chi connectivity index (χ0) is 8.10. The van der Waals surface area contributed by atoms with Gasteiger partial charge in [0.2, 0.25) is 0 Å². The first-order valence-electron chi connectivity index (χ1n) is 3.67. The highest BCUT2D eigenvalue weighted by atomic mass is 14.8. The zero-order valence-corrected chi connectivity index (χ0v) is 6.83. The van der Waals surface area contributed by atoms with Gasteiger partial charge in [-0.15, -0.1) is 0 Å². The molecule has 0 fully saturated rings. The van der Waals surface area contributed by atoms with Crippen molar-refractivity contribution in [2.24, 2.45) is 0 Å². The van der Waals surface area contributed by atoms with Crippen LogP contribution in [0.3, 0.4) is 0 Å². The van der Waals surface area contributed by atoms with Crippen LogP contribution in [-0.2, 0) is 0 Å². The molecule has 1 aromatic heterocycles. The van der Waals surface area contributed by atoms with Crippen LogP contribution in [0.4, 0.5) is 0 Å². The molecule has 2 nitrogen and oxygen atoms in total. The molecule has 0 atom stereocenters. The van der Waals surface area contributed by atoms with E-state index in [0.29, 0.717) is 0 Å². The Bertz CT molecular complexity index is 344. The van der Waals surface area contributed by atoms with Gasteiger partial charge in [0.05, 0.1) is 17.0 Å². The maximum absolute atomic E-state index is 4.13. The van der Waals surface area contributed by atoms with Crippen molar-refractivity contribution in [1.82, 2.24) is 9.97 Å². The van der Waals surface area contributed by atoms with Crippen molar-refractivity contribution in [3.8, 4) is 0 Å². The molecule has 0 aliphatic heterocycles. The van der Waals surface area contributed by atoms with E-state index in [2.05, 4.69) is 9.97 Å².